The monoisotopic (exact) mass is 271 g/mol. The summed E-state index contributed by atoms with van der Waals surface area (Å²) in [5.41, 5.74) is 0. The third-order valence-corrected chi connectivity index (χ3v) is 3.34. The van der Waals surface area contributed by atoms with E-state index in [4.69, 9.17) is 23.2 Å². The van der Waals surface area contributed by atoms with Crippen LogP contribution in [0.15, 0.2) is 12.3 Å². The highest BCUT2D eigenvalue weighted by molar-refractivity contribution is 6.31. The Bertz CT molecular complexity index is 599. The first kappa shape index (κ1) is 11.0. The fourth-order valence-corrected chi connectivity index (χ4v) is 2.22. The molecular formula is C11H8Cl2FN3. The summed E-state index contributed by atoms with van der Waals surface area (Å²) >= 11 is 11.6. The first-order valence-electron chi connectivity index (χ1n) is 5.22. The van der Waals surface area contributed by atoms with Crippen molar-refractivity contribution >= 4 is 39.8 Å². The molecule has 0 aromatic carbocycles. The molecule has 1 aliphatic rings. The van der Waals surface area contributed by atoms with Gasteiger partial charge in [0.15, 0.2) is 11.0 Å². The number of anilines is 1. The van der Waals surface area contributed by atoms with E-state index in [1.54, 1.807) is 0 Å². The van der Waals surface area contributed by atoms with E-state index in [-0.39, 0.29) is 10.3 Å². The normalized spacial score (nSPS) is 15.1. The van der Waals surface area contributed by atoms with Crippen LogP contribution in [-0.2, 0) is 0 Å². The average molecular weight is 272 g/mol. The molecular weight excluding hydrogens is 264 g/mol. The van der Waals surface area contributed by atoms with E-state index in [0.29, 0.717) is 16.6 Å². The number of pyridine rings is 2. The Morgan fingerprint density at radius 1 is 1.24 bits per heavy atom. The minimum absolute atomic E-state index is 0.144. The van der Waals surface area contributed by atoms with Crippen molar-refractivity contribution in [2.75, 3.05) is 18.0 Å². The van der Waals surface area contributed by atoms with Crippen LogP contribution >= 0.6 is 23.2 Å². The number of halogens is 3. The van der Waals surface area contributed by atoms with Crippen LogP contribution in [0.25, 0.3) is 10.8 Å². The standard InChI is InChI=1S/C11H8Cl2FN3/c12-8-4-6-7(5-15-10(13)9(6)14)11(16-8)17-2-1-3-17/h4-5H,1-3H2. The molecule has 1 saturated heterocycles. The van der Waals surface area contributed by atoms with E-state index in [9.17, 15) is 4.39 Å². The maximum atomic E-state index is 13.8. The Morgan fingerprint density at radius 2 is 2.00 bits per heavy atom. The van der Waals surface area contributed by atoms with Crippen molar-refractivity contribution in [3.05, 3.63) is 28.4 Å². The molecule has 2 aromatic heterocycles. The van der Waals surface area contributed by atoms with E-state index >= 15 is 0 Å². The number of nitrogens with zero attached hydrogens (tertiary/aromatic N) is 3. The fourth-order valence-electron chi connectivity index (χ4n) is 1.88. The molecule has 0 aliphatic carbocycles. The molecule has 0 N–H and O–H groups in total. The summed E-state index contributed by atoms with van der Waals surface area (Å²) in [5, 5.41) is 1.14. The van der Waals surface area contributed by atoms with Crippen LogP contribution in [0.4, 0.5) is 10.2 Å². The largest absolute Gasteiger partial charge is 0.356 e. The molecule has 2 aromatic rings. The fraction of sp³-hybridized carbons (Fsp3) is 0.273. The molecule has 88 valence electrons. The predicted octanol–water partition coefficient (Wildman–Crippen LogP) is 3.29. The summed E-state index contributed by atoms with van der Waals surface area (Å²) in [7, 11) is 0. The van der Waals surface area contributed by atoms with E-state index in [0.717, 1.165) is 19.5 Å². The van der Waals surface area contributed by atoms with E-state index < -0.39 is 5.82 Å². The number of aromatic nitrogens is 2. The van der Waals surface area contributed by atoms with Gasteiger partial charge in [-0.2, -0.15) is 0 Å². The number of hydrogen-bond acceptors (Lipinski definition) is 3. The van der Waals surface area contributed by atoms with Gasteiger partial charge < -0.3 is 4.90 Å². The Kier molecular flexibility index (Phi) is 2.56. The van der Waals surface area contributed by atoms with Crippen molar-refractivity contribution in [2.45, 2.75) is 6.42 Å². The Balaban J connectivity index is 2.31. The molecule has 0 radical (unpaired) electrons. The molecule has 1 aliphatic heterocycles. The number of fused-ring (bicyclic) bond motifs is 1. The first-order chi connectivity index (χ1) is 8.16. The lowest BCUT2D eigenvalue weighted by Crippen LogP contribution is -2.37. The Morgan fingerprint density at radius 3 is 2.65 bits per heavy atom. The third kappa shape index (κ3) is 1.72. The van der Waals surface area contributed by atoms with Gasteiger partial charge in [0.05, 0.1) is 0 Å². The molecule has 0 bridgehead atoms. The highest BCUT2D eigenvalue weighted by Crippen LogP contribution is 2.32. The summed E-state index contributed by atoms with van der Waals surface area (Å²) in [6.45, 7) is 1.82. The maximum Gasteiger partial charge on any atom is 0.168 e. The van der Waals surface area contributed by atoms with Gasteiger partial charge in [-0.25, -0.2) is 14.4 Å². The van der Waals surface area contributed by atoms with Crippen molar-refractivity contribution in [1.29, 1.82) is 0 Å². The second kappa shape index (κ2) is 3.96. The van der Waals surface area contributed by atoms with E-state index in [2.05, 4.69) is 9.97 Å². The van der Waals surface area contributed by atoms with Gasteiger partial charge in [-0.15, -0.1) is 0 Å². The van der Waals surface area contributed by atoms with Crippen molar-refractivity contribution in [1.82, 2.24) is 9.97 Å². The lowest BCUT2D eigenvalue weighted by Gasteiger charge is -2.32. The number of hydrogen-bond donors (Lipinski definition) is 0. The smallest absolute Gasteiger partial charge is 0.168 e. The average Bonchev–Trinajstić information content (AvgIpc) is 2.22. The first-order valence-corrected chi connectivity index (χ1v) is 5.97. The molecule has 3 heterocycles. The third-order valence-electron chi connectivity index (χ3n) is 2.89. The molecule has 17 heavy (non-hydrogen) atoms. The van der Waals surface area contributed by atoms with Crippen molar-refractivity contribution < 1.29 is 4.39 Å². The highest BCUT2D eigenvalue weighted by atomic mass is 35.5. The van der Waals surface area contributed by atoms with Crippen molar-refractivity contribution in [3.8, 4) is 0 Å². The molecule has 0 amide bonds. The predicted molar refractivity (Wildman–Crippen MR) is 66.3 cm³/mol. The zero-order chi connectivity index (χ0) is 12.0. The van der Waals surface area contributed by atoms with E-state index in [1.165, 1.54) is 12.3 Å². The molecule has 6 heteroatoms. The molecule has 0 atom stereocenters. The Hall–Kier alpha value is -1.13. The zero-order valence-corrected chi connectivity index (χ0v) is 10.3. The van der Waals surface area contributed by atoms with Gasteiger partial charge in [-0.05, 0) is 12.5 Å². The molecule has 0 unspecified atom stereocenters. The SMILES string of the molecule is Fc1c(Cl)ncc2c(N3CCC3)nc(Cl)cc12. The van der Waals surface area contributed by atoms with Crippen molar-refractivity contribution in [2.24, 2.45) is 0 Å². The zero-order valence-electron chi connectivity index (χ0n) is 8.75. The van der Waals surface area contributed by atoms with Gasteiger partial charge >= 0.3 is 0 Å². The van der Waals surface area contributed by atoms with Crippen LogP contribution in [0, 0.1) is 5.82 Å². The highest BCUT2D eigenvalue weighted by Gasteiger charge is 2.21. The van der Waals surface area contributed by atoms with Crippen LogP contribution in [0.1, 0.15) is 6.42 Å². The Labute approximate surface area is 107 Å². The molecule has 0 saturated carbocycles. The van der Waals surface area contributed by atoms with Gasteiger partial charge in [0.1, 0.15) is 11.0 Å². The number of rotatable bonds is 1. The lowest BCUT2D eigenvalue weighted by atomic mass is 10.1. The van der Waals surface area contributed by atoms with Gasteiger partial charge in [0.25, 0.3) is 0 Å². The molecule has 1 fully saturated rings. The van der Waals surface area contributed by atoms with Gasteiger partial charge in [0, 0.05) is 30.1 Å². The minimum atomic E-state index is -0.546. The van der Waals surface area contributed by atoms with E-state index in [1.807, 2.05) is 4.90 Å². The second-order valence-corrected chi connectivity index (χ2v) is 4.68. The van der Waals surface area contributed by atoms with Gasteiger partial charge in [-0.1, -0.05) is 23.2 Å². The van der Waals surface area contributed by atoms with Crippen LogP contribution < -0.4 is 4.90 Å². The molecule has 3 nitrogen and oxygen atoms in total. The van der Waals surface area contributed by atoms with Crippen molar-refractivity contribution in [3.63, 3.8) is 0 Å². The summed E-state index contributed by atoms with van der Waals surface area (Å²) < 4.78 is 13.8. The van der Waals surface area contributed by atoms with Gasteiger partial charge in [0.2, 0.25) is 0 Å². The summed E-state index contributed by atoms with van der Waals surface area (Å²) in [4.78, 5) is 10.1. The summed E-state index contributed by atoms with van der Waals surface area (Å²) in [5.74, 6) is 0.136. The van der Waals surface area contributed by atoms with Crippen LogP contribution in [-0.4, -0.2) is 23.1 Å². The molecule has 3 rings (SSSR count). The minimum Gasteiger partial charge on any atom is -0.356 e. The summed E-state index contributed by atoms with van der Waals surface area (Å²) in [6.07, 6.45) is 2.65. The van der Waals surface area contributed by atoms with Crippen LogP contribution in [0.3, 0.4) is 0 Å². The lowest BCUT2D eigenvalue weighted by molar-refractivity contribution is 0.611. The topological polar surface area (TPSA) is 29.0 Å². The summed E-state index contributed by atoms with van der Waals surface area (Å²) in [6, 6.07) is 1.48. The quantitative estimate of drug-likeness (QED) is 0.746. The van der Waals surface area contributed by atoms with Crippen LogP contribution in [0.2, 0.25) is 10.3 Å². The maximum absolute atomic E-state index is 13.8. The molecule has 0 spiro atoms. The van der Waals surface area contributed by atoms with Gasteiger partial charge in [-0.3, -0.25) is 0 Å². The second-order valence-electron chi connectivity index (χ2n) is 3.93. The van der Waals surface area contributed by atoms with Crippen LogP contribution in [0.5, 0.6) is 0 Å².